The maximum atomic E-state index is 9.72. The van der Waals surface area contributed by atoms with Gasteiger partial charge in [-0.25, -0.2) is 16.8 Å². The molecular formula is C6H14MgO8S2. The summed E-state index contributed by atoms with van der Waals surface area (Å²) in [5, 5.41) is 16.1. The van der Waals surface area contributed by atoms with Crippen LogP contribution in [0, 0.1) is 0 Å². The summed E-state index contributed by atoms with van der Waals surface area (Å²) < 4.78 is 58.3. The van der Waals surface area contributed by atoms with Gasteiger partial charge in [-0.2, -0.15) is 0 Å². The third kappa shape index (κ3) is 31.5. The van der Waals surface area contributed by atoms with Crippen molar-refractivity contribution in [3.8, 4) is 0 Å². The Morgan fingerprint density at radius 3 is 1.06 bits per heavy atom. The first-order chi connectivity index (χ1) is 7.12. The molecule has 100 valence electrons. The zero-order valence-corrected chi connectivity index (χ0v) is 12.2. The molecule has 0 spiro atoms. The predicted molar refractivity (Wildman–Crippen MR) is 58.3 cm³/mol. The summed E-state index contributed by atoms with van der Waals surface area (Å²) in [6.45, 7) is -0.497. The van der Waals surface area contributed by atoms with E-state index in [2.05, 4.69) is 0 Å². The second kappa shape index (κ2) is 11.6. The first-order valence-corrected chi connectivity index (χ1v) is 7.36. The number of aliphatic hydroxyl groups excluding tert-OH is 2. The van der Waals surface area contributed by atoms with Crippen molar-refractivity contribution in [1.82, 2.24) is 0 Å². The number of hydrogen-bond donors (Lipinski definition) is 2. The molecule has 8 nitrogen and oxygen atoms in total. The molecule has 0 aliphatic carbocycles. The Bertz CT molecular complexity index is 312. The van der Waals surface area contributed by atoms with Crippen LogP contribution < -0.4 is 0 Å². The Hall–Kier alpha value is 0.506. The van der Waals surface area contributed by atoms with Crippen LogP contribution >= 0.6 is 0 Å². The Morgan fingerprint density at radius 1 is 0.765 bits per heavy atom. The first kappa shape index (κ1) is 22.7. The van der Waals surface area contributed by atoms with Crippen molar-refractivity contribution in [2.45, 2.75) is 12.8 Å². The van der Waals surface area contributed by atoms with Crippen molar-refractivity contribution in [2.75, 3.05) is 24.7 Å². The molecule has 0 aromatic rings. The summed E-state index contributed by atoms with van der Waals surface area (Å²) >= 11 is 0. The fourth-order valence-electron chi connectivity index (χ4n) is 0.483. The monoisotopic (exact) mass is 302 g/mol. The Kier molecular flexibility index (Phi) is 15.5. The smallest absolute Gasteiger partial charge is 0.748 e. The zero-order valence-electron chi connectivity index (χ0n) is 9.11. The van der Waals surface area contributed by atoms with Crippen LogP contribution in [0.25, 0.3) is 0 Å². The van der Waals surface area contributed by atoms with Gasteiger partial charge in [-0.3, -0.25) is 0 Å². The van der Waals surface area contributed by atoms with Gasteiger partial charge in [-0.15, -0.1) is 0 Å². The van der Waals surface area contributed by atoms with Gasteiger partial charge in [0.25, 0.3) is 0 Å². The van der Waals surface area contributed by atoms with Gasteiger partial charge in [-0.05, 0) is 12.8 Å². The van der Waals surface area contributed by atoms with Crippen molar-refractivity contribution < 1.29 is 36.2 Å². The molecule has 0 unspecified atom stereocenters. The van der Waals surface area contributed by atoms with Crippen LogP contribution in [0.3, 0.4) is 0 Å². The molecule has 0 saturated heterocycles. The van der Waals surface area contributed by atoms with E-state index in [9.17, 15) is 25.9 Å². The second-order valence-electron chi connectivity index (χ2n) is 2.68. The summed E-state index contributed by atoms with van der Waals surface area (Å²) in [5.74, 6) is -0.938. The number of rotatable bonds is 6. The van der Waals surface area contributed by atoms with Gasteiger partial charge in [0.2, 0.25) is 0 Å². The summed E-state index contributed by atoms with van der Waals surface area (Å²) in [6.07, 6.45) is 0.0671. The SMILES string of the molecule is O=S(=O)([O-])CCCO.O=S(=O)([O-])CCCO.[Mg+2]. The van der Waals surface area contributed by atoms with Gasteiger partial charge in [-0.1, -0.05) is 0 Å². The fraction of sp³-hybridized carbons (Fsp3) is 1.00. The molecule has 17 heavy (non-hydrogen) atoms. The largest absolute Gasteiger partial charge is 2.00 e. The molecular weight excluding hydrogens is 288 g/mol. The van der Waals surface area contributed by atoms with E-state index in [0.29, 0.717) is 0 Å². The molecule has 2 N–H and O–H groups in total. The van der Waals surface area contributed by atoms with Gasteiger partial charge in [0.05, 0.1) is 20.2 Å². The summed E-state index contributed by atoms with van der Waals surface area (Å²) in [7, 11) is -8.19. The predicted octanol–water partition coefficient (Wildman–Crippen LogP) is -2.55. The molecule has 0 saturated carbocycles. The van der Waals surface area contributed by atoms with Crippen molar-refractivity contribution in [2.24, 2.45) is 0 Å². The molecule has 0 bridgehead atoms. The van der Waals surface area contributed by atoms with E-state index >= 15 is 0 Å². The van der Waals surface area contributed by atoms with Crippen LogP contribution in [-0.2, 0) is 20.2 Å². The quantitative estimate of drug-likeness (QED) is 0.401. The maximum absolute atomic E-state index is 9.72. The minimum atomic E-state index is -4.10. The van der Waals surface area contributed by atoms with Gasteiger partial charge >= 0.3 is 23.1 Å². The summed E-state index contributed by atoms with van der Waals surface area (Å²) in [5.41, 5.74) is 0. The van der Waals surface area contributed by atoms with E-state index in [0.717, 1.165) is 0 Å². The van der Waals surface area contributed by atoms with E-state index < -0.39 is 31.7 Å². The Labute approximate surface area is 117 Å². The standard InChI is InChI=1S/2C3H8O4S.Mg/c2*4-2-1-3-8(5,6)7;/h2*4H,1-3H2,(H,5,6,7);/q;;+2/p-2. The molecule has 0 fully saturated rings. The minimum Gasteiger partial charge on any atom is -0.748 e. The molecule has 0 rings (SSSR count). The average molecular weight is 303 g/mol. The fourth-order valence-corrected chi connectivity index (χ4v) is 1.45. The molecule has 0 aromatic carbocycles. The van der Waals surface area contributed by atoms with Gasteiger partial charge < -0.3 is 19.3 Å². The first-order valence-electron chi connectivity index (χ1n) is 4.21. The van der Waals surface area contributed by atoms with Crippen LogP contribution in [-0.4, -0.2) is 83.9 Å². The van der Waals surface area contributed by atoms with Crippen LogP contribution in [0.15, 0.2) is 0 Å². The Morgan fingerprint density at radius 2 is 1.00 bits per heavy atom. The van der Waals surface area contributed by atoms with Crippen LogP contribution in [0.2, 0.25) is 0 Å². The summed E-state index contributed by atoms with van der Waals surface area (Å²) in [4.78, 5) is 0. The van der Waals surface area contributed by atoms with Crippen LogP contribution in [0.4, 0.5) is 0 Å². The molecule has 0 aromatic heterocycles. The normalized spacial score (nSPS) is 11.1. The van der Waals surface area contributed by atoms with E-state index in [1.165, 1.54) is 0 Å². The van der Waals surface area contributed by atoms with Crippen molar-refractivity contribution in [3.05, 3.63) is 0 Å². The van der Waals surface area contributed by atoms with Crippen LogP contribution in [0.1, 0.15) is 12.8 Å². The second-order valence-corrected chi connectivity index (χ2v) is 5.73. The van der Waals surface area contributed by atoms with Crippen molar-refractivity contribution in [1.29, 1.82) is 0 Å². The molecule has 0 heterocycles. The zero-order chi connectivity index (χ0) is 13.2. The van der Waals surface area contributed by atoms with Crippen molar-refractivity contribution >= 4 is 43.3 Å². The molecule has 0 aliphatic rings. The molecule has 0 radical (unpaired) electrons. The van der Waals surface area contributed by atoms with E-state index in [1.54, 1.807) is 0 Å². The minimum absolute atomic E-state index is 0. The topological polar surface area (TPSA) is 155 Å². The van der Waals surface area contributed by atoms with Gasteiger partial charge in [0.1, 0.15) is 0 Å². The van der Waals surface area contributed by atoms with Gasteiger partial charge in [0.15, 0.2) is 0 Å². The van der Waals surface area contributed by atoms with E-state index in [4.69, 9.17) is 10.2 Å². The average Bonchev–Trinajstić information content (AvgIpc) is 2.10. The molecule has 11 heteroatoms. The third-order valence-corrected chi connectivity index (χ3v) is 2.68. The van der Waals surface area contributed by atoms with Gasteiger partial charge in [0, 0.05) is 24.7 Å². The maximum Gasteiger partial charge on any atom is 2.00 e. The molecule has 0 aliphatic heterocycles. The van der Waals surface area contributed by atoms with E-state index in [-0.39, 0.29) is 49.1 Å². The summed E-state index contributed by atoms with van der Waals surface area (Å²) in [6, 6.07) is 0. The van der Waals surface area contributed by atoms with E-state index in [1.807, 2.05) is 0 Å². The third-order valence-electron chi connectivity index (χ3n) is 1.10. The van der Waals surface area contributed by atoms with Crippen LogP contribution in [0.5, 0.6) is 0 Å². The number of aliphatic hydroxyl groups is 2. The molecule has 0 amide bonds. The Balaban J connectivity index is -0.000000218. The molecule has 0 atom stereocenters. The number of hydrogen-bond acceptors (Lipinski definition) is 8. The van der Waals surface area contributed by atoms with Crippen molar-refractivity contribution in [3.63, 3.8) is 0 Å².